The van der Waals surface area contributed by atoms with E-state index >= 15 is 0 Å². The summed E-state index contributed by atoms with van der Waals surface area (Å²) in [6.45, 7) is 4.27. The maximum absolute atomic E-state index is 11.7. The van der Waals surface area contributed by atoms with E-state index in [1.165, 1.54) is 64.2 Å². The summed E-state index contributed by atoms with van der Waals surface area (Å²) in [6.07, 6.45) is 14.5. The van der Waals surface area contributed by atoms with Gasteiger partial charge in [0, 0.05) is 9.31 Å². The van der Waals surface area contributed by atoms with Crippen molar-refractivity contribution in [2.75, 3.05) is 0 Å². The highest BCUT2D eigenvalue weighted by atomic mass is 79.9. The highest BCUT2D eigenvalue weighted by Gasteiger charge is 2.36. The van der Waals surface area contributed by atoms with Crippen molar-refractivity contribution in [2.45, 2.75) is 95.7 Å². The molecule has 0 aliphatic carbocycles. The van der Waals surface area contributed by atoms with Gasteiger partial charge in [0.15, 0.2) is 0 Å². The number of hydrogen-bond donors (Lipinski definition) is 0. The lowest BCUT2D eigenvalue weighted by atomic mass is 10.00. The second-order valence-electron chi connectivity index (χ2n) is 7.02. The molecule has 0 bridgehead atoms. The zero-order valence-corrected chi connectivity index (χ0v) is 18.8. The summed E-state index contributed by atoms with van der Waals surface area (Å²) in [5, 5.41) is 0. The Morgan fingerprint density at radius 3 is 2.04 bits per heavy atom. The molecule has 0 radical (unpaired) electrons. The molecular formula is C20H32Br2O3. The van der Waals surface area contributed by atoms with E-state index in [0.29, 0.717) is 0 Å². The SMILES string of the molecule is CCCCCCCCCCCCC(Br)C(C)=C(Br)C1CC(=O)OC1=O. The summed E-state index contributed by atoms with van der Waals surface area (Å²) in [6, 6.07) is 0. The smallest absolute Gasteiger partial charge is 0.322 e. The minimum absolute atomic E-state index is 0.148. The van der Waals surface area contributed by atoms with Gasteiger partial charge >= 0.3 is 11.9 Å². The van der Waals surface area contributed by atoms with E-state index in [0.717, 1.165) is 16.5 Å². The topological polar surface area (TPSA) is 43.4 Å². The summed E-state index contributed by atoms with van der Waals surface area (Å²) in [7, 11) is 0. The Labute approximate surface area is 169 Å². The first kappa shape index (κ1) is 22.9. The normalized spacial score (nSPS) is 19.8. The summed E-state index contributed by atoms with van der Waals surface area (Å²) >= 11 is 7.22. The number of unbranched alkanes of at least 4 members (excludes halogenated alkanes) is 9. The number of carbonyl (C=O) groups excluding carboxylic acids is 2. The predicted molar refractivity (Wildman–Crippen MR) is 110 cm³/mol. The lowest BCUT2D eigenvalue weighted by Gasteiger charge is -2.15. The van der Waals surface area contributed by atoms with E-state index in [-0.39, 0.29) is 11.2 Å². The molecule has 0 N–H and O–H groups in total. The van der Waals surface area contributed by atoms with Gasteiger partial charge in [0.2, 0.25) is 0 Å². The van der Waals surface area contributed by atoms with Crippen molar-refractivity contribution in [3.05, 3.63) is 10.1 Å². The van der Waals surface area contributed by atoms with Crippen LogP contribution in [-0.2, 0) is 14.3 Å². The van der Waals surface area contributed by atoms with Crippen molar-refractivity contribution in [2.24, 2.45) is 5.92 Å². The van der Waals surface area contributed by atoms with Gasteiger partial charge in [-0.2, -0.15) is 0 Å². The number of ether oxygens (including phenoxy) is 1. The number of halogens is 2. The van der Waals surface area contributed by atoms with E-state index in [1.807, 2.05) is 6.92 Å². The molecule has 0 aromatic rings. The monoisotopic (exact) mass is 478 g/mol. The zero-order valence-electron chi connectivity index (χ0n) is 15.6. The van der Waals surface area contributed by atoms with E-state index in [9.17, 15) is 9.59 Å². The summed E-state index contributed by atoms with van der Waals surface area (Å²) in [5.74, 6) is -1.32. The van der Waals surface area contributed by atoms with Crippen LogP contribution in [-0.4, -0.2) is 16.8 Å². The number of allylic oxidation sites excluding steroid dienone is 1. The standard InChI is InChI=1S/C20H32Br2O3/c1-3-4-5-6-7-8-9-10-11-12-13-17(21)15(2)19(22)16-14-18(23)25-20(16)24/h16-17H,3-14H2,1-2H3. The molecule has 0 amide bonds. The zero-order chi connectivity index (χ0) is 18.7. The Morgan fingerprint density at radius 2 is 1.56 bits per heavy atom. The quantitative estimate of drug-likeness (QED) is 0.126. The van der Waals surface area contributed by atoms with Crippen LogP contribution in [0.1, 0.15) is 90.9 Å². The van der Waals surface area contributed by atoms with E-state index < -0.39 is 17.9 Å². The molecule has 25 heavy (non-hydrogen) atoms. The fraction of sp³-hybridized carbons (Fsp3) is 0.800. The first-order chi connectivity index (χ1) is 12.0. The molecule has 0 spiro atoms. The van der Waals surface area contributed by atoms with E-state index in [2.05, 4.69) is 43.5 Å². The Hall–Kier alpha value is -0.160. The molecule has 2 unspecified atom stereocenters. The second kappa shape index (κ2) is 13.1. The molecule has 3 nitrogen and oxygen atoms in total. The predicted octanol–water partition coefficient (Wildman–Crippen LogP) is 6.82. The first-order valence-electron chi connectivity index (χ1n) is 9.72. The van der Waals surface area contributed by atoms with Gasteiger partial charge in [-0.25, -0.2) is 0 Å². The van der Waals surface area contributed by atoms with Gasteiger partial charge in [-0.1, -0.05) is 103 Å². The van der Waals surface area contributed by atoms with Crippen molar-refractivity contribution in [1.82, 2.24) is 0 Å². The highest BCUT2D eigenvalue weighted by Crippen LogP contribution is 2.34. The van der Waals surface area contributed by atoms with Crippen LogP contribution in [0.25, 0.3) is 0 Å². The van der Waals surface area contributed by atoms with Crippen molar-refractivity contribution in [3.8, 4) is 0 Å². The largest absolute Gasteiger partial charge is 0.393 e. The highest BCUT2D eigenvalue weighted by molar-refractivity contribution is 9.12. The van der Waals surface area contributed by atoms with Crippen LogP contribution in [0.15, 0.2) is 10.1 Å². The molecule has 1 heterocycles. The van der Waals surface area contributed by atoms with Crippen LogP contribution in [0, 0.1) is 5.92 Å². The third kappa shape index (κ3) is 8.85. The lowest BCUT2D eigenvalue weighted by Crippen LogP contribution is -2.12. The fourth-order valence-corrected chi connectivity index (χ4v) is 4.62. The molecule has 2 atom stereocenters. The molecule has 1 rings (SSSR count). The van der Waals surface area contributed by atoms with Crippen molar-refractivity contribution >= 4 is 43.8 Å². The van der Waals surface area contributed by atoms with Gasteiger partial charge in [0.25, 0.3) is 0 Å². The Bertz CT molecular complexity index is 460. The van der Waals surface area contributed by atoms with Gasteiger partial charge in [-0.05, 0) is 18.9 Å². The second-order valence-corrected chi connectivity index (χ2v) is 8.98. The Kier molecular flexibility index (Phi) is 12.0. The number of esters is 2. The minimum Gasteiger partial charge on any atom is -0.393 e. The molecule has 1 saturated heterocycles. The number of carbonyl (C=O) groups is 2. The van der Waals surface area contributed by atoms with Crippen molar-refractivity contribution < 1.29 is 14.3 Å². The maximum Gasteiger partial charge on any atom is 0.322 e. The Morgan fingerprint density at radius 1 is 1.04 bits per heavy atom. The molecule has 0 aromatic carbocycles. The molecule has 0 aromatic heterocycles. The summed E-state index contributed by atoms with van der Waals surface area (Å²) in [4.78, 5) is 23.1. The van der Waals surface area contributed by atoms with Gasteiger partial charge in [-0.3, -0.25) is 9.59 Å². The number of rotatable bonds is 13. The minimum atomic E-state index is -0.458. The molecule has 1 aliphatic heterocycles. The van der Waals surface area contributed by atoms with Crippen LogP contribution in [0.4, 0.5) is 0 Å². The van der Waals surface area contributed by atoms with Crippen molar-refractivity contribution in [3.63, 3.8) is 0 Å². The van der Waals surface area contributed by atoms with Gasteiger partial charge in [0.05, 0.1) is 12.3 Å². The van der Waals surface area contributed by atoms with E-state index in [1.54, 1.807) is 0 Å². The van der Waals surface area contributed by atoms with Crippen LogP contribution in [0.5, 0.6) is 0 Å². The molecule has 0 saturated carbocycles. The van der Waals surface area contributed by atoms with Crippen LogP contribution >= 0.6 is 31.9 Å². The molecule has 1 aliphatic rings. The summed E-state index contributed by atoms with van der Waals surface area (Å²) in [5.41, 5.74) is 1.09. The van der Waals surface area contributed by atoms with Gasteiger partial charge < -0.3 is 4.74 Å². The average Bonchev–Trinajstić information content (AvgIpc) is 2.93. The van der Waals surface area contributed by atoms with Gasteiger partial charge in [-0.15, -0.1) is 0 Å². The number of hydrogen-bond acceptors (Lipinski definition) is 3. The van der Waals surface area contributed by atoms with Crippen LogP contribution in [0.3, 0.4) is 0 Å². The molecule has 1 fully saturated rings. The van der Waals surface area contributed by atoms with Crippen LogP contribution in [0.2, 0.25) is 0 Å². The Balaban J connectivity index is 2.17. The first-order valence-corrected chi connectivity index (χ1v) is 11.4. The average molecular weight is 480 g/mol. The third-order valence-electron chi connectivity index (χ3n) is 4.83. The van der Waals surface area contributed by atoms with E-state index in [4.69, 9.17) is 0 Å². The number of cyclic esters (lactones) is 2. The fourth-order valence-electron chi connectivity index (χ4n) is 3.12. The third-order valence-corrected chi connectivity index (χ3v) is 7.16. The maximum atomic E-state index is 11.7. The molecular weight excluding hydrogens is 448 g/mol. The lowest BCUT2D eigenvalue weighted by molar-refractivity contribution is -0.152. The molecule has 144 valence electrons. The van der Waals surface area contributed by atoms with Crippen LogP contribution < -0.4 is 0 Å². The van der Waals surface area contributed by atoms with Gasteiger partial charge in [0.1, 0.15) is 0 Å². The van der Waals surface area contributed by atoms with Crippen molar-refractivity contribution in [1.29, 1.82) is 0 Å². The summed E-state index contributed by atoms with van der Waals surface area (Å²) < 4.78 is 5.44. The number of alkyl halides is 1. The molecule has 5 heteroatoms.